The molecule has 7 heteroatoms. The van der Waals surface area contributed by atoms with Crippen molar-refractivity contribution in [2.24, 2.45) is 0 Å². The first-order valence-corrected chi connectivity index (χ1v) is 42.4. The fraction of sp³-hybridized carbons (Fsp3) is 0.304. The van der Waals surface area contributed by atoms with Gasteiger partial charge in [-0.1, -0.05) is 256 Å². The number of rotatable bonds is 5. The topological polar surface area (TPSA) is 9.86 Å². The average Bonchev–Trinajstić information content (AvgIpc) is 4.16. The second-order valence-corrected chi connectivity index (χ2v) is 50.2. The van der Waals surface area contributed by atoms with Crippen LogP contribution in [0.3, 0.4) is 0 Å². The van der Waals surface area contributed by atoms with Gasteiger partial charge in [0.25, 0.3) is 6.71 Å². The molecule has 380 valence electrons. The summed E-state index contributed by atoms with van der Waals surface area (Å²) >= 11 is 0. The van der Waals surface area contributed by atoms with Crippen LogP contribution in [0.1, 0.15) is 74.9 Å². The second kappa shape index (κ2) is 14.9. The molecule has 0 bridgehead atoms. The van der Waals surface area contributed by atoms with Crippen LogP contribution in [-0.4, -0.2) is 48.1 Å². The molecule has 10 aromatic rings. The minimum atomic E-state index is -1.91. The number of fused-ring (bicyclic) bond motifs is 14. The predicted octanol–water partition coefficient (Wildman–Crippen LogP) is 14.1. The van der Waals surface area contributed by atoms with Crippen LogP contribution < -0.4 is 37.1 Å². The number of nitrogens with zero attached hydrogens (tertiary/aromatic N) is 2. The third kappa shape index (κ3) is 6.31. The van der Waals surface area contributed by atoms with E-state index < -0.39 is 37.7 Å². The maximum absolute atomic E-state index is 2.87. The van der Waals surface area contributed by atoms with Crippen molar-refractivity contribution in [2.45, 2.75) is 136 Å². The molecule has 76 heavy (non-hydrogen) atoms. The standard InChI is InChI=1S/C69H75BN2Si4/c1-67(2,3)41-29-40(30-42(31-41)68(4,5)6)49-39-57-66-61-65(49)71-60-28-27-43(73(7,8)9)32-50(60)51-34-45(75(13,14)15)37-58(63(51)71)70(61)59-38-46(76(16,17)18)35-53-52-33-44(74(10,11)12)36-56(62(52)72(66)64(53)59)69(57)54-25-21-19-23-47(54)48-24-20-22-26-55(48)69/h19-39H,1-18H3. The summed E-state index contributed by atoms with van der Waals surface area (Å²) in [6, 6.07) is 53.5. The normalized spacial score (nSPS) is 15.3. The fourth-order valence-corrected chi connectivity index (χ4v) is 19.1. The molecule has 0 saturated carbocycles. The van der Waals surface area contributed by atoms with Gasteiger partial charge in [-0.3, -0.25) is 0 Å². The quantitative estimate of drug-likeness (QED) is 0.152. The van der Waals surface area contributed by atoms with Crippen LogP contribution in [0.4, 0.5) is 0 Å². The van der Waals surface area contributed by atoms with E-state index in [0.29, 0.717) is 0 Å². The van der Waals surface area contributed by atoms with Crippen molar-refractivity contribution in [2.75, 3.05) is 0 Å². The first-order valence-electron chi connectivity index (χ1n) is 28.4. The molecule has 0 saturated heterocycles. The van der Waals surface area contributed by atoms with Gasteiger partial charge in [-0.2, -0.15) is 0 Å². The van der Waals surface area contributed by atoms with Crippen LogP contribution >= 0.6 is 0 Å². The Morgan fingerprint density at radius 2 is 0.842 bits per heavy atom. The fourth-order valence-electron chi connectivity index (χ4n) is 14.5. The van der Waals surface area contributed by atoms with E-state index in [1.807, 2.05) is 0 Å². The molecule has 1 aliphatic carbocycles. The molecule has 0 fully saturated rings. The molecule has 0 unspecified atom stereocenters. The van der Waals surface area contributed by atoms with E-state index in [2.05, 4.69) is 257 Å². The molecule has 3 aliphatic heterocycles. The Hall–Kier alpha value is -5.71. The first-order chi connectivity index (χ1) is 35.5. The number of benzene rings is 8. The lowest BCUT2D eigenvalue weighted by Crippen LogP contribution is -2.62. The van der Waals surface area contributed by atoms with Crippen LogP contribution in [0, 0.1) is 0 Å². The summed E-state index contributed by atoms with van der Waals surface area (Å²) in [5.74, 6) is 0. The molecule has 0 radical (unpaired) electrons. The first kappa shape index (κ1) is 48.6. The number of aromatic nitrogens is 2. The van der Waals surface area contributed by atoms with Crippen LogP contribution in [0.5, 0.6) is 0 Å². The van der Waals surface area contributed by atoms with E-state index in [4.69, 9.17) is 0 Å². The van der Waals surface area contributed by atoms with Crippen molar-refractivity contribution < 1.29 is 0 Å². The summed E-state index contributed by atoms with van der Waals surface area (Å²) in [4.78, 5) is 0. The molecule has 4 aliphatic rings. The van der Waals surface area contributed by atoms with Gasteiger partial charge in [-0.25, -0.2) is 0 Å². The summed E-state index contributed by atoms with van der Waals surface area (Å²) in [7, 11) is -7.37. The van der Waals surface area contributed by atoms with Gasteiger partial charge in [0.2, 0.25) is 0 Å². The lowest BCUT2D eigenvalue weighted by molar-refractivity contribution is 0.569. The van der Waals surface area contributed by atoms with Crippen molar-refractivity contribution in [1.29, 1.82) is 0 Å². The highest BCUT2D eigenvalue weighted by molar-refractivity contribution is 7.02. The number of hydrogen-bond acceptors (Lipinski definition) is 0. The molecule has 1 spiro atoms. The largest absolute Gasteiger partial charge is 0.310 e. The van der Waals surface area contributed by atoms with Crippen molar-refractivity contribution in [3.8, 4) is 33.6 Å². The molecular formula is C69H75BN2Si4. The van der Waals surface area contributed by atoms with Gasteiger partial charge in [-0.15, -0.1) is 0 Å². The van der Waals surface area contributed by atoms with Crippen LogP contribution in [0.2, 0.25) is 78.6 Å². The highest BCUT2D eigenvalue weighted by Gasteiger charge is 2.55. The molecule has 2 aromatic heterocycles. The monoisotopic (exact) mass is 1050 g/mol. The second-order valence-electron chi connectivity index (χ2n) is 29.9. The van der Waals surface area contributed by atoms with E-state index in [9.17, 15) is 0 Å². The summed E-state index contributed by atoms with van der Waals surface area (Å²) in [5.41, 5.74) is 26.0. The Morgan fingerprint density at radius 1 is 0.382 bits per heavy atom. The van der Waals surface area contributed by atoms with Crippen molar-refractivity contribution in [3.05, 3.63) is 161 Å². The lowest BCUT2D eigenvalue weighted by Gasteiger charge is -2.45. The van der Waals surface area contributed by atoms with Gasteiger partial charge in [0.15, 0.2) is 0 Å². The van der Waals surface area contributed by atoms with E-state index in [-0.39, 0.29) is 17.5 Å². The van der Waals surface area contributed by atoms with Crippen molar-refractivity contribution in [3.63, 3.8) is 0 Å². The zero-order chi connectivity index (χ0) is 53.7. The molecule has 8 aromatic carbocycles. The van der Waals surface area contributed by atoms with Gasteiger partial charge in [0.05, 0.1) is 54.4 Å². The van der Waals surface area contributed by atoms with Gasteiger partial charge in [0.1, 0.15) is 0 Å². The minimum Gasteiger partial charge on any atom is -0.310 e. The predicted molar refractivity (Wildman–Crippen MR) is 345 cm³/mol. The summed E-state index contributed by atoms with van der Waals surface area (Å²) in [6.07, 6.45) is 0. The van der Waals surface area contributed by atoms with Crippen LogP contribution in [0.15, 0.2) is 127 Å². The molecule has 14 rings (SSSR count). The summed E-state index contributed by atoms with van der Waals surface area (Å²) in [6.45, 7) is 45.1. The Morgan fingerprint density at radius 3 is 1.36 bits per heavy atom. The Balaban J connectivity index is 1.32. The van der Waals surface area contributed by atoms with Gasteiger partial charge in [0, 0.05) is 43.8 Å². The Bertz CT molecular complexity index is 4210. The van der Waals surface area contributed by atoms with E-state index >= 15 is 0 Å². The van der Waals surface area contributed by atoms with Crippen molar-refractivity contribution in [1.82, 2.24) is 9.13 Å². The van der Waals surface area contributed by atoms with E-state index in [1.165, 1.54) is 137 Å². The van der Waals surface area contributed by atoms with Gasteiger partial charge >= 0.3 is 0 Å². The number of hydrogen-bond donors (Lipinski definition) is 0. The maximum atomic E-state index is 2.87. The molecule has 0 N–H and O–H groups in total. The molecule has 5 heterocycles. The maximum Gasteiger partial charge on any atom is 0.252 e. The van der Waals surface area contributed by atoms with Gasteiger partial charge in [-0.05, 0) is 89.4 Å². The zero-order valence-corrected chi connectivity index (χ0v) is 52.6. The molecule has 0 atom stereocenters. The molecule has 0 amide bonds. The van der Waals surface area contributed by atoms with Gasteiger partial charge < -0.3 is 9.13 Å². The SMILES string of the molecule is CC(C)(C)c1cc(-c2cc3c4c5c2-n2c6ccc([Si](C)(C)C)cc6c6cc([Si](C)(C)C)cc(c62)B5c2cc([Si](C)(C)C)cc5c6cc([Si](C)(C)C)cc(c6n-4c25)C32c3ccccc3-c3ccccc32)cc(C(C)(C)C)c1. The zero-order valence-electron chi connectivity index (χ0n) is 48.6. The van der Waals surface area contributed by atoms with E-state index in [0.717, 1.165) is 0 Å². The third-order valence-electron chi connectivity index (χ3n) is 18.7. The summed E-state index contributed by atoms with van der Waals surface area (Å²) < 4.78 is 5.69. The molecular weight excluding hydrogens is 980 g/mol. The average molecular weight is 1060 g/mol. The lowest BCUT2D eigenvalue weighted by atomic mass is 9.33. The smallest absolute Gasteiger partial charge is 0.252 e. The van der Waals surface area contributed by atoms with E-state index in [1.54, 1.807) is 10.4 Å². The molecule has 2 nitrogen and oxygen atoms in total. The van der Waals surface area contributed by atoms with Crippen LogP contribution in [0.25, 0.3) is 77.2 Å². The minimum absolute atomic E-state index is 0.0150. The summed E-state index contributed by atoms with van der Waals surface area (Å²) in [5, 5.41) is 11.9. The van der Waals surface area contributed by atoms with Crippen molar-refractivity contribution >= 4 is 120 Å². The highest BCUT2D eigenvalue weighted by atomic mass is 28.3. The van der Waals surface area contributed by atoms with Crippen LogP contribution in [-0.2, 0) is 16.2 Å². The Kier molecular flexibility index (Phi) is 9.54. The third-order valence-corrected chi connectivity index (χ3v) is 26.9. The highest BCUT2D eigenvalue weighted by Crippen LogP contribution is 2.62. The Labute approximate surface area is 456 Å².